The number of carbonyl (C=O) groups excluding carboxylic acids is 1. The molecule has 0 saturated carbocycles. The first-order valence-electron chi connectivity index (χ1n) is 9.29. The van der Waals surface area contributed by atoms with E-state index < -0.39 is 11.4 Å². The van der Waals surface area contributed by atoms with Gasteiger partial charge in [0.05, 0.1) is 11.5 Å². The van der Waals surface area contributed by atoms with E-state index in [1.807, 2.05) is 0 Å². The molecular weight excluding hydrogens is 350 g/mol. The number of aryl methyl sites for hydroxylation is 1. The van der Waals surface area contributed by atoms with Crippen molar-refractivity contribution in [3.05, 3.63) is 21.4 Å². The van der Waals surface area contributed by atoms with E-state index in [2.05, 4.69) is 26.8 Å². The second kappa shape index (κ2) is 6.97. The van der Waals surface area contributed by atoms with Crippen LogP contribution in [-0.4, -0.2) is 48.7 Å². The van der Waals surface area contributed by atoms with Crippen molar-refractivity contribution in [2.75, 3.05) is 26.8 Å². The van der Waals surface area contributed by atoms with E-state index in [0.29, 0.717) is 18.9 Å². The molecule has 1 aromatic heterocycles. The van der Waals surface area contributed by atoms with E-state index in [9.17, 15) is 14.7 Å². The standard InChI is InChI=1S/C20H29NO4S/c1-19(2,3)14-5-6-15-13(9-14)10-16(26-15)17(22)21-8-7-20(11-21,12-25-4)18(23)24/h10,14H,5-9,11-12H2,1-4H3,(H,23,24). The third kappa shape index (κ3) is 3.54. The largest absolute Gasteiger partial charge is 0.481 e. The summed E-state index contributed by atoms with van der Waals surface area (Å²) >= 11 is 1.59. The lowest BCUT2D eigenvalue weighted by Gasteiger charge is -2.33. The predicted molar refractivity (Wildman–Crippen MR) is 102 cm³/mol. The van der Waals surface area contributed by atoms with Crippen LogP contribution in [0.5, 0.6) is 0 Å². The fraction of sp³-hybridized carbons (Fsp3) is 0.700. The molecule has 2 unspecified atom stereocenters. The van der Waals surface area contributed by atoms with Crippen molar-refractivity contribution >= 4 is 23.2 Å². The van der Waals surface area contributed by atoms with Gasteiger partial charge in [-0.1, -0.05) is 20.8 Å². The average Bonchev–Trinajstić information content (AvgIpc) is 3.17. The number of nitrogens with zero attached hydrogens (tertiary/aromatic N) is 1. The Labute approximate surface area is 159 Å². The van der Waals surface area contributed by atoms with E-state index in [1.165, 1.54) is 24.0 Å². The molecule has 0 bridgehead atoms. The van der Waals surface area contributed by atoms with E-state index >= 15 is 0 Å². The summed E-state index contributed by atoms with van der Waals surface area (Å²) in [5.41, 5.74) is 0.614. The molecule has 1 aromatic rings. The van der Waals surface area contributed by atoms with Gasteiger partial charge < -0.3 is 14.7 Å². The quantitative estimate of drug-likeness (QED) is 0.870. The molecule has 0 aromatic carbocycles. The monoisotopic (exact) mass is 379 g/mol. The van der Waals surface area contributed by atoms with Crippen LogP contribution in [0.25, 0.3) is 0 Å². The minimum Gasteiger partial charge on any atom is -0.481 e. The van der Waals surface area contributed by atoms with Crippen LogP contribution in [0.3, 0.4) is 0 Å². The smallest absolute Gasteiger partial charge is 0.313 e. The van der Waals surface area contributed by atoms with Gasteiger partial charge in [0.25, 0.3) is 5.91 Å². The molecule has 2 atom stereocenters. The van der Waals surface area contributed by atoms with Crippen LogP contribution in [0.2, 0.25) is 0 Å². The number of fused-ring (bicyclic) bond motifs is 1. The maximum absolute atomic E-state index is 13.0. The van der Waals surface area contributed by atoms with Crippen molar-refractivity contribution in [1.29, 1.82) is 0 Å². The first-order valence-corrected chi connectivity index (χ1v) is 10.1. The molecular formula is C20H29NO4S. The zero-order valence-electron chi connectivity index (χ0n) is 16.1. The maximum Gasteiger partial charge on any atom is 0.313 e. The first kappa shape index (κ1) is 19.4. The zero-order chi connectivity index (χ0) is 19.1. The van der Waals surface area contributed by atoms with E-state index in [1.54, 1.807) is 16.2 Å². The lowest BCUT2D eigenvalue weighted by Crippen LogP contribution is -2.40. The molecule has 1 amide bonds. The number of hydrogen-bond acceptors (Lipinski definition) is 4. The number of amides is 1. The molecule has 5 nitrogen and oxygen atoms in total. The van der Waals surface area contributed by atoms with Crippen molar-refractivity contribution in [3.8, 4) is 0 Å². The molecule has 2 heterocycles. The van der Waals surface area contributed by atoms with Crippen LogP contribution in [-0.2, 0) is 22.4 Å². The fourth-order valence-electron chi connectivity index (χ4n) is 4.20. The molecule has 3 rings (SSSR count). The fourth-order valence-corrected chi connectivity index (χ4v) is 5.38. The third-order valence-electron chi connectivity index (χ3n) is 6.03. The summed E-state index contributed by atoms with van der Waals surface area (Å²) in [6, 6.07) is 2.05. The molecule has 1 saturated heterocycles. The summed E-state index contributed by atoms with van der Waals surface area (Å²) in [7, 11) is 1.51. The van der Waals surface area contributed by atoms with Crippen LogP contribution in [0.4, 0.5) is 0 Å². The summed E-state index contributed by atoms with van der Waals surface area (Å²) in [6.45, 7) is 7.69. The van der Waals surface area contributed by atoms with Crippen LogP contribution in [0, 0.1) is 16.7 Å². The highest BCUT2D eigenvalue weighted by Crippen LogP contribution is 2.41. The highest BCUT2D eigenvalue weighted by Gasteiger charge is 2.46. The molecule has 1 N–H and O–H groups in total. The van der Waals surface area contributed by atoms with Crippen molar-refractivity contribution < 1.29 is 19.4 Å². The maximum atomic E-state index is 13.0. The molecule has 6 heteroatoms. The Morgan fingerprint density at radius 2 is 2.15 bits per heavy atom. The van der Waals surface area contributed by atoms with Gasteiger partial charge in [-0.15, -0.1) is 11.3 Å². The Morgan fingerprint density at radius 1 is 1.42 bits per heavy atom. The number of carboxylic acid groups (broad SMARTS) is 1. The summed E-state index contributed by atoms with van der Waals surface area (Å²) in [5.74, 6) is -0.273. The van der Waals surface area contributed by atoms with Gasteiger partial charge in [-0.05, 0) is 48.6 Å². The molecule has 1 aliphatic carbocycles. The SMILES string of the molecule is COCC1(C(=O)O)CCN(C(=O)c2cc3c(s2)CCC(C(C)(C)C)C3)C1. The summed E-state index contributed by atoms with van der Waals surface area (Å²) < 4.78 is 5.12. The van der Waals surface area contributed by atoms with Gasteiger partial charge in [-0.2, -0.15) is 0 Å². The van der Waals surface area contributed by atoms with E-state index in [-0.39, 0.29) is 24.5 Å². The van der Waals surface area contributed by atoms with Gasteiger partial charge >= 0.3 is 5.97 Å². The van der Waals surface area contributed by atoms with E-state index in [0.717, 1.165) is 17.7 Å². The number of methoxy groups -OCH3 is 1. The number of hydrogen-bond donors (Lipinski definition) is 1. The second-order valence-corrected chi connectivity index (χ2v) is 10.00. The summed E-state index contributed by atoms with van der Waals surface area (Å²) in [6.07, 6.45) is 3.69. The third-order valence-corrected chi connectivity index (χ3v) is 7.26. The molecule has 1 fully saturated rings. The molecule has 144 valence electrons. The predicted octanol–water partition coefficient (Wildman–Crippen LogP) is 3.46. The normalized spacial score (nSPS) is 26.0. The van der Waals surface area contributed by atoms with Crippen molar-refractivity contribution in [2.24, 2.45) is 16.7 Å². The van der Waals surface area contributed by atoms with Crippen LogP contribution in [0.1, 0.15) is 53.7 Å². The van der Waals surface area contributed by atoms with Crippen molar-refractivity contribution in [3.63, 3.8) is 0 Å². The number of ether oxygens (including phenoxy) is 1. The summed E-state index contributed by atoms with van der Waals surface area (Å²) in [5, 5.41) is 9.59. The number of likely N-dealkylation sites (tertiary alicyclic amines) is 1. The zero-order valence-corrected chi connectivity index (χ0v) is 16.9. The molecule has 2 aliphatic rings. The van der Waals surface area contributed by atoms with Gasteiger partial charge in [-0.3, -0.25) is 9.59 Å². The number of thiophene rings is 1. The van der Waals surface area contributed by atoms with Gasteiger partial charge in [0.15, 0.2) is 0 Å². The number of aliphatic carboxylic acids is 1. The van der Waals surface area contributed by atoms with E-state index in [4.69, 9.17) is 4.74 Å². The summed E-state index contributed by atoms with van der Waals surface area (Å²) in [4.78, 5) is 28.4. The molecule has 1 aliphatic heterocycles. The van der Waals surface area contributed by atoms with Gasteiger partial charge in [0, 0.05) is 25.1 Å². The Balaban J connectivity index is 1.75. The molecule has 0 spiro atoms. The van der Waals surface area contributed by atoms with Crippen LogP contribution in [0.15, 0.2) is 6.07 Å². The topological polar surface area (TPSA) is 66.8 Å². The minimum absolute atomic E-state index is 0.0315. The lowest BCUT2D eigenvalue weighted by atomic mass is 9.72. The number of carboxylic acids is 1. The van der Waals surface area contributed by atoms with Crippen molar-refractivity contribution in [1.82, 2.24) is 4.90 Å². The van der Waals surface area contributed by atoms with Crippen molar-refractivity contribution in [2.45, 2.75) is 46.5 Å². The highest BCUT2D eigenvalue weighted by molar-refractivity contribution is 7.14. The number of carbonyl (C=O) groups is 2. The Morgan fingerprint density at radius 3 is 2.77 bits per heavy atom. The van der Waals surface area contributed by atoms with Gasteiger partial charge in [-0.25, -0.2) is 0 Å². The molecule has 26 heavy (non-hydrogen) atoms. The van der Waals surface area contributed by atoms with Gasteiger partial charge in [0.2, 0.25) is 0 Å². The number of rotatable bonds is 4. The van der Waals surface area contributed by atoms with Crippen LogP contribution < -0.4 is 0 Å². The first-order chi connectivity index (χ1) is 12.2. The molecule has 0 radical (unpaired) electrons. The lowest BCUT2D eigenvalue weighted by molar-refractivity contribution is -0.151. The van der Waals surface area contributed by atoms with Gasteiger partial charge in [0.1, 0.15) is 5.41 Å². The Kier molecular flexibility index (Phi) is 5.19. The Bertz CT molecular complexity index is 705. The van der Waals surface area contributed by atoms with Crippen LogP contribution >= 0.6 is 11.3 Å². The highest BCUT2D eigenvalue weighted by atomic mass is 32.1. The average molecular weight is 380 g/mol. The second-order valence-electron chi connectivity index (χ2n) is 8.86. The minimum atomic E-state index is -0.974. The Hall–Kier alpha value is -1.40.